The lowest BCUT2D eigenvalue weighted by Gasteiger charge is -2.36. The predicted octanol–water partition coefficient (Wildman–Crippen LogP) is -3.92. The molecule has 0 bridgehead atoms. The van der Waals surface area contributed by atoms with Crippen LogP contribution in [0.1, 0.15) is 12.8 Å². The van der Waals surface area contributed by atoms with Gasteiger partial charge in [-0.3, -0.25) is 0 Å². The highest BCUT2D eigenvalue weighted by Crippen LogP contribution is 1.94. The van der Waals surface area contributed by atoms with Gasteiger partial charge in [-0.1, -0.05) is 0 Å². The second kappa shape index (κ2) is 4.60. The normalized spacial score (nSPS) is 45.0. The van der Waals surface area contributed by atoms with Crippen LogP contribution in [0.3, 0.4) is 0 Å². The van der Waals surface area contributed by atoms with E-state index in [9.17, 15) is 0 Å². The number of quaternary nitrogens is 3. The third kappa shape index (κ3) is 2.47. The summed E-state index contributed by atoms with van der Waals surface area (Å²) in [4.78, 5) is 5.37. The second-order valence-corrected chi connectivity index (χ2v) is 5.35. The smallest absolute Gasteiger partial charge is 0.127 e. The number of hydrogen-bond donors (Lipinski definition) is 3. The summed E-state index contributed by atoms with van der Waals surface area (Å²) in [5.41, 5.74) is 0. The Morgan fingerprint density at radius 2 is 1.21 bits per heavy atom. The van der Waals surface area contributed by atoms with E-state index >= 15 is 0 Å². The topological polar surface area (TPSA) is 13.3 Å². The van der Waals surface area contributed by atoms with E-state index in [1.54, 1.807) is 9.80 Å². The molecule has 0 aromatic heterocycles. The molecule has 2 saturated heterocycles. The standard InChI is InChI=1S/C11H23N3/c1-12-5-3-11(4-6-12)14-9-7-13(2)8-10-14/h11H,3-10H2,1-2H3/p+3. The van der Waals surface area contributed by atoms with Crippen molar-refractivity contribution in [3.63, 3.8) is 0 Å². The van der Waals surface area contributed by atoms with Crippen LogP contribution in [-0.4, -0.2) is 59.4 Å². The van der Waals surface area contributed by atoms with E-state index in [4.69, 9.17) is 0 Å². The van der Waals surface area contributed by atoms with Crippen molar-refractivity contribution in [2.75, 3.05) is 53.4 Å². The van der Waals surface area contributed by atoms with Gasteiger partial charge < -0.3 is 14.7 Å². The average Bonchev–Trinajstić information content (AvgIpc) is 2.21. The molecule has 0 spiro atoms. The van der Waals surface area contributed by atoms with Crippen LogP contribution in [0.25, 0.3) is 0 Å². The molecular formula is C11H26N3+3. The molecule has 0 aromatic carbocycles. The average molecular weight is 200 g/mol. The van der Waals surface area contributed by atoms with Gasteiger partial charge in [0.05, 0.1) is 33.2 Å². The zero-order valence-electron chi connectivity index (χ0n) is 9.73. The lowest BCUT2D eigenvalue weighted by atomic mass is 10.0. The summed E-state index contributed by atoms with van der Waals surface area (Å²) in [6.45, 7) is 8.39. The van der Waals surface area contributed by atoms with Crippen LogP contribution in [0.2, 0.25) is 0 Å². The number of nitrogens with one attached hydrogen (secondary N) is 3. The molecular weight excluding hydrogens is 174 g/mol. The number of likely N-dealkylation sites (tertiary alicyclic amines) is 1. The Bertz CT molecular complexity index is 147. The molecule has 2 heterocycles. The zero-order valence-corrected chi connectivity index (χ0v) is 9.73. The van der Waals surface area contributed by atoms with Gasteiger partial charge in [0.25, 0.3) is 0 Å². The molecule has 0 unspecified atom stereocenters. The second-order valence-electron chi connectivity index (χ2n) is 5.35. The van der Waals surface area contributed by atoms with Gasteiger partial charge in [0, 0.05) is 12.8 Å². The quantitative estimate of drug-likeness (QED) is 0.383. The van der Waals surface area contributed by atoms with Gasteiger partial charge in [0.1, 0.15) is 26.2 Å². The minimum atomic E-state index is 0.992. The van der Waals surface area contributed by atoms with Gasteiger partial charge in [-0.25, -0.2) is 0 Å². The van der Waals surface area contributed by atoms with E-state index in [0.29, 0.717) is 0 Å². The largest absolute Gasteiger partial charge is 0.337 e. The van der Waals surface area contributed by atoms with Crippen molar-refractivity contribution in [2.24, 2.45) is 0 Å². The Morgan fingerprint density at radius 1 is 0.714 bits per heavy atom. The van der Waals surface area contributed by atoms with Crippen molar-refractivity contribution in [3.8, 4) is 0 Å². The Kier molecular flexibility index (Phi) is 3.42. The Hall–Kier alpha value is -0.120. The molecule has 0 aliphatic carbocycles. The fourth-order valence-electron chi connectivity index (χ4n) is 2.92. The van der Waals surface area contributed by atoms with Gasteiger partial charge in [-0.05, 0) is 0 Å². The van der Waals surface area contributed by atoms with Gasteiger partial charge in [0.2, 0.25) is 0 Å². The minimum Gasteiger partial charge on any atom is -0.337 e. The SMILES string of the molecule is C[NH+]1CCC([NH+]2CC[NH+](C)CC2)CC1. The number of piperidine rings is 1. The van der Waals surface area contributed by atoms with Crippen LogP contribution in [0.5, 0.6) is 0 Å². The van der Waals surface area contributed by atoms with Crippen molar-refractivity contribution in [1.29, 1.82) is 0 Å². The molecule has 0 aromatic rings. The Morgan fingerprint density at radius 3 is 1.79 bits per heavy atom. The maximum Gasteiger partial charge on any atom is 0.127 e. The molecule has 0 saturated carbocycles. The molecule has 2 rings (SSSR count). The highest BCUT2D eigenvalue weighted by molar-refractivity contribution is 4.59. The van der Waals surface area contributed by atoms with Crippen molar-refractivity contribution in [2.45, 2.75) is 18.9 Å². The number of hydrogen-bond acceptors (Lipinski definition) is 0. The lowest BCUT2D eigenvalue weighted by molar-refractivity contribution is -1.02. The van der Waals surface area contributed by atoms with E-state index in [0.717, 1.165) is 6.04 Å². The summed E-state index contributed by atoms with van der Waals surface area (Å²) in [6, 6.07) is 0.992. The van der Waals surface area contributed by atoms with Crippen LogP contribution in [0, 0.1) is 0 Å². The van der Waals surface area contributed by atoms with Crippen molar-refractivity contribution in [3.05, 3.63) is 0 Å². The van der Waals surface area contributed by atoms with Crippen LogP contribution in [-0.2, 0) is 0 Å². The molecule has 14 heavy (non-hydrogen) atoms. The van der Waals surface area contributed by atoms with Gasteiger partial charge in [-0.2, -0.15) is 0 Å². The number of piperazine rings is 1. The highest BCUT2D eigenvalue weighted by Gasteiger charge is 2.31. The van der Waals surface area contributed by atoms with E-state index in [2.05, 4.69) is 14.1 Å². The highest BCUT2D eigenvalue weighted by atomic mass is 15.3. The molecule has 3 N–H and O–H groups in total. The lowest BCUT2D eigenvalue weighted by Crippen LogP contribution is -3.29. The summed E-state index contributed by atoms with van der Waals surface area (Å²) < 4.78 is 0. The summed E-state index contributed by atoms with van der Waals surface area (Å²) in [6.07, 6.45) is 2.92. The van der Waals surface area contributed by atoms with E-state index in [1.807, 2.05) is 4.90 Å². The summed E-state index contributed by atoms with van der Waals surface area (Å²) >= 11 is 0. The van der Waals surface area contributed by atoms with Gasteiger partial charge >= 0.3 is 0 Å². The maximum absolute atomic E-state index is 2.33. The first-order chi connectivity index (χ1) is 6.75. The van der Waals surface area contributed by atoms with E-state index in [-0.39, 0.29) is 0 Å². The molecule has 0 radical (unpaired) electrons. The molecule has 0 amide bonds. The maximum atomic E-state index is 2.33. The van der Waals surface area contributed by atoms with Crippen molar-refractivity contribution < 1.29 is 14.7 Å². The van der Waals surface area contributed by atoms with E-state index in [1.165, 1.54) is 52.1 Å². The molecule has 3 heteroatoms. The predicted molar refractivity (Wildman–Crippen MR) is 57.0 cm³/mol. The molecule has 2 fully saturated rings. The Balaban J connectivity index is 1.78. The van der Waals surface area contributed by atoms with E-state index < -0.39 is 0 Å². The van der Waals surface area contributed by atoms with Crippen molar-refractivity contribution >= 4 is 0 Å². The van der Waals surface area contributed by atoms with Crippen LogP contribution >= 0.6 is 0 Å². The summed E-state index contributed by atoms with van der Waals surface area (Å²) in [7, 11) is 4.66. The van der Waals surface area contributed by atoms with Crippen LogP contribution in [0.4, 0.5) is 0 Å². The first-order valence-corrected chi connectivity index (χ1v) is 6.23. The molecule has 2 aliphatic heterocycles. The van der Waals surface area contributed by atoms with Gasteiger partial charge in [-0.15, -0.1) is 0 Å². The van der Waals surface area contributed by atoms with Crippen LogP contribution in [0.15, 0.2) is 0 Å². The van der Waals surface area contributed by atoms with Gasteiger partial charge in [0.15, 0.2) is 0 Å². The van der Waals surface area contributed by atoms with Crippen molar-refractivity contribution in [1.82, 2.24) is 0 Å². The first-order valence-electron chi connectivity index (χ1n) is 6.23. The zero-order chi connectivity index (χ0) is 9.97. The number of rotatable bonds is 1. The van der Waals surface area contributed by atoms with Crippen LogP contribution < -0.4 is 14.7 Å². The summed E-state index contributed by atoms with van der Waals surface area (Å²) in [5.74, 6) is 0. The monoisotopic (exact) mass is 200 g/mol. The third-order valence-corrected chi connectivity index (χ3v) is 4.16. The third-order valence-electron chi connectivity index (χ3n) is 4.16. The number of likely N-dealkylation sites (N-methyl/N-ethyl adjacent to an activating group) is 1. The Labute approximate surface area is 87.7 Å². The molecule has 3 nitrogen and oxygen atoms in total. The molecule has 82 valence electrons. The molecule has 2 aliphatic rings. The molecule has 0 atom stereocenters. The fourth-order valence-corrected chi connectivity index (χ4v) is 2.92. The minimum absolute atomic E-state index is 0.992. The first kappa shape index (κ1) is 10.4. The summed E-state index contributed by atoms with van der Waals surface area (Å²) in [5, 5.41) is 0. The fraction of sp³-hybridized carbons (Fsp3) is 1.00.